The zero-order chi connectivity index (χ0) is 11.4. The highest BCUT2D eigenvalue weighted by atomic mass is 16.5. The number of aliphatic hydroxyl groups excluding tert-OH is 1. The molecule has 2 heterocycles. The van der Waals surface area contributed by atoms with Crippen LogP contribution in [0.25, 0.3) is 0 Å². The lowest BCUT2D eigenvalue weighted by molar-refractivity contribution is 0.280. The van der Waals surface area contributed by atoms with E-state index in [4.69, 9.17) is 9.84 Å². The summed E-state index contributed by atoms with van der Waals surface area (Å²) < 4.78 is 7.12. The first-order chi connectivity index (χ1) is 7.81. The molecule has 0 amide bonds. The minimum Gasteiger partial charge on any atom is -0.421 e. The van der Waals surface area contributed by atoms with E-state index in [2.05, 4.69) is 15.1 Å². The lowest BCUT2D eigenvalue weighted by atomic mass is 10.4. The summed E-state index contributed by atoms with van der Waals surface area (Å²) in [5, 5.41) is 12.9. The van der Waals surface area contributed by atoms with E-state index in [0.717, 1.165) is 6.54 Å². The molecule has 2 aromatic heterocycles. The zero-order valence-corrected chi connectivity index (χ0v) is 8.87. The summed E-state index contributed by atoms with van der Waals surface area (Å²) in [5.74, 6) is 0.596. The van der Waals surface area contributed by atoms with Gasteiger partial charge in [0.2, 0.25) is 0 Å². The summed E-state index contributed by atoms with van der Waals surface area (Å²) in [6.07, 6.45) is 6.41. The minimum absolute atomic E-state index is 0.0753. The summed E-state index contributed by atoms with van der Waals surface area (Å²) in [6.45, 7) is 2.70. The molecule has 2 aromatic rings. The molecule has 0 bridgehead atoms. The van der Waals surface area contributed by atoms with Crippen molar-refractivity contribution in [2.45, 2.75) is 20.1 Å². The zero-order valence-electron chi connectivity index (χ0n) is 8.87. The number of aromatic nitrogens is 4. The van der Waals surface area contributed by atoms with Gasteiger partial charge in [-0.1, -0.05) is 0 Å². The van der Waals surface area contributed by atoms with Gasteiger partial charge in [-0.3, -0.25) is 4.68 Å². The second kappa shape index (κ2) is 4.71. The van der Waals surface area contributed by atoms with Crippen LogP contribution in [-0.4, -0.2) is 24.9 Å². The van der Waals surface area contributed by atoms with Crippen molar-refractivity contribution in [3.8, 4) is 11.8 Å². The van der Waals surface area contributed by atoms with Crippen LogP contribution in [-0.2, 0) is 13.2 Å². The molecule has 6 nitrogen and oxygen atoms in total. The quantitative estimate of drug-likeness (QED) is 0.831. The molecule has 16 heavy (non-hydrogen) atoms. The topological polar surface area (TPSA) is 73.1 Å². The highest BCUT2D eigenvalue weighted by Crippen LogP contribution is 2.15. The van der Waals surface area contributed by atoms with Crippen molar-refractivity contribution >= 4 is 0 Å². The van der Waals surface area contributed by atoms with Crippen molar-refractivity contribution in [1.82, 2.24) is 19.7 Å². The van der Waals surface area contributed by atoms with Gasteiger partial charge in [-0.05, 0) is 6.92 Å². The predicted octanol–water partition coefficient (Wildman–Crippen LogP) is 0.978. The normalized spacial score (nSPS) is 10.4. The molecule has 6 heteroatoms. The van der Waals surface area contributed by atoms with E-state index in [1.54, 1.807) is 17.1 Å². The van der Waals surface area contributed by atoms with Crippen molar-refractivity contribution in [2.24, 2.45) is 0 Å². The predicted molar refractivity (Wildman–Crippen MR) is 55.9 cm³/mol. The van der Waals surface area contributed by atoms with Crippen LogP contribution in [0, 0.1) is 0 Å². The third-order valence-corrected chi connectivity index (χ3v) is 2.01. The van der Waals surface area contributed by atoms with E-state index in [9.17, 15) is 0 Å². The Morgan fingerprint density at radius 3 is 2.62 bits per heavy atom. The number of aliphatic hydroxyl groups is 1. The molecule has 0 aliphatic carbocycles. The van der Waals surface area contributed by atoms with Crippen LogP contribution in [0.2, 0.25) is 0 Å². The summed E-state index contributed by atoms with van der Waals surface area (Å²) >= 11 is 0. The smallest absolute Gasteiger partial charge is 0.321 e. The van der Waals surface area contributed by atoms with E-state index in [0.29, 0.717) is 11.3 Å². The molecule has 0 radical (unpaired) electrons. The van der Waals surface area contributed by atoms with Crippen molar-refractivity contribution in [2.75, 3.05) is 0 Å². The van der Waals surface area contributed by atoms with Crippen molar-refractivity contribution in [3.63, 3.8) is 0 Å². The van der Waals surface area contributed by atoms with Crippen molar-refractivity contribution in [1.29, 1.82) is 0 Å². The fraction of sp³-hybridized carbons (Fsp3) is 0.300. The van der Waals surface area contributed by atoms with Crippen LogP contribution < -0.4 is 4.74 Å². The van der Waals surface area contributed by atoms with Gasteiger partial charge in [-0.2, -0.15) is 5.10 Å². The van der Waals surface area contributed by atoms with Gasteiger partial charge in [0.05, 0.1) is 19.0 Å². The molecular formula is C10H12N4O2. The minimum atomic E-state index is -0.0753. The first kappa shape index (κ1) is 10.6. The van der Waals surface area contributed by atoms with Crippen LogP contribution in [0.4, 0.5) is 0 Å². The Labute approximate surface area is 92.5 Å². The SMILES string of the molecule is CCn1cc(Oc2ncc(CO)cn2)cn1. The first-order valence-corrected chi connectivity index (χ1v) is 4.94. The standard InChI is InChI=1S/C10H12N4O2/c1-2-14-6-9(5-13-14)16-10-11-3-8(7-15)4-12-10/h3-6,15H,2,7H2,1H3. The number of ether oxygens (including phenoxy) is 1. The third-order valence-electron chi connectivity index (χ3n) is 2.01. The monoisotopic (exact) mass is 220 g/mol. The molecule has 1 N–H and O–H groups in total. The van der Waals surface area contributed by atoms with Crippen molar-refractivity contribution < 1.29 is 9.84 Å². The molecule has 84 valence electrons. The van der Waals surface area contributed by atoms with Crippen LogP contribution in [0.3, 0.4) is 0 Å². The Morgan fingerprint density at radius 2 is 2.06 bits per heavy atom. The molecular weight excluding hydrogens is 208 g/mol. The maximum absolute atomic E-state index is 8.82. The molecule has 0 saturated carbocycles. The van der Waals surface area contributed by atoms with Crippen LogP contribution in [0.5, 0.6) is 11.8 Å². The van der Waals surface area contributed by atoms with E-state index >= 15 is 0 Å². The number of hydrogen-bond donors (Lipinski definition) is 1. The number of rotatable bonds is 4. The van der Waals surface area contributed by atoms with E-state index < -0.39 is 0 Å². The molecule has 0 unspecified atom stereocenters. The molecule has 0 spiro atoms. The summed E-state index contributed by atoms with van der Waals surface area (Å²) in [6, 6.07) is 0.243. The van der Waals surface area contributed by atoms with E-state index in [1.807, 2.05) is 6.92 Å². The Bertz CT molecular complexity index is 452. The molecule has 0 saturated heterocycles. The van der Waals surface area contributed by atoms with E-state index in [1.165, 1.54) is 12.4 Å². The van der Waals surface area contributed by atoms with Gasteiger partial charge in [-0.15, -0.1) is 0 Å². The fourth-order valence-electron chi connectivity index (χ4n) is 1.15. The molecule has 2 rings (SSSR count). The summed E-state index contributed by atoms with van der Waals surface area (Å²) in [5.41, 5.74) is 0.650. The second-order valence-electron chi connectivity index (χ2n) is 3.17. The Kier molecular flexibility index (Phi) is 3.11. The summed E-state index contributed by atoms with van der Waals surface area (Å²) in [7, 11) is 0. The molecule has 0 aliphatic heterocycles. The molecule has 0 aliphatic rings. The van der Waals surface area contributed by atoms with Gasteiger partial charge in [0.1, 0.15) is 0 Å². The van der Waals surface area contributed by atoms with E-state index in [-0.39, 0.29) is 12.6 Å². The Hall–Kier alpha value is -1.95. The second-order valence-corrected chi connectivity index (χ2v) is 3.17. The lowest BCUT2D eigenvalue weighted by Crippen LogP contribution is -1.94. The maximum atomic E-state index is 8.82. The number of hydrogen-bond acceptors (Lipinski definition) is 5. The Morgan fingerprint density at radius 1 is 1.31 bits per heavy atom. The number of aryl methyl sites for hydroxylation is 1. The average molecular weight is 220 g/mol. The van der Waals surface area contributed by atoms with Gasteiger partial charge < -0.3 is 9.84 Å². The van der Waals surface area contributed by atoms with Gasteiger partial charge >= 0.3 is 6.01 Å². The molecule has 0 fully saturated rings. The highest BCUT2D eigenvalue weighted by molar-refractivity contribution is 5.17. The van der Waals surface area contributed by atoms with Gasteiger partial charge in [0.25, 0.3) is 0 Å². The first-order valence-electron chi connectivity index (χ1n) is 4.94. The average Bonchev–Trinajstić information content (AvgIpc) is 2.78. The van der Waals surface area contributed by atoms with Gasteiger partial charge in [0.15, 0.2) is 5.75 Å². The fourth-order valence-corrected chi connectivity index (χ4v) is 1.15. The van der Waals surface area contributed by atoms with Crippen LogP contribution in [0.1, 0.15) is 12.5 Å². The largest absolute Gasteiger partial charge is 0.421 e. The van der Waals surface area contributed by atoms with Crippen molar-refractivity contribution in [3.05, 3.63) is 30.4 Å². The third kappa shape index (κ3) is 2.34. The molecule has 0 aromatic carbocycles. The highest BCUT2D eigenvalue weighted by Gasteiger charge is 2.02. The van der Waals surface area contributed by atoms with Crippen LogP contribution in [0.15, 0.2) is 24.8 Å². The molecule has 0 atom stereocenters. The van der Waals surface area contributed by atoms with Gasteiger partial charge in [0, 0.05) is 24.5 Å². The van der Waals surface area contributed by atoms with Crippen LogP contribution >= 0.6 is 0 Å². The maximum Gasteiger partial charge on any atom is 0.321 e. The Balaban J connectivity index is 2.08. The van der Waals surface area contributed by atoms with Gasteiger partial charge in [-0.25, -0.2) is 9.97 Å². The summed E-state index contributed by atoms with van der Waals surface area (Å²) in [4.78, 5) is 7.90. The number of nitrogens with zero attached hydrogens (tertiary/aromatic N) is 4. The lowest BCUT2D eigenvalue weighted by Gasteiger charge is -2.00.